The SMILES string of the molecule is CC(=O)Nc1sccc1C(=O)NN. The highest BCUT2D eigenvalue weighted by Crippen LogP contribution is 2.22. The maximum absolute atomic E-state index is 11.1. The number of rotatable bonds is 2. The second-order valence-corrected chi connectivity index (χ2v) is 3.23. The molecule has 0 atom stereocenters. The number of nitrogen functional groups attached to an aromatic ring is 1. The molecule has 13 heavy (non-hydrogen) atoms. The van der Waals surface area contributed by atoms with Gasteiger partial charge in [-0.3, -0.25) is 15.0 Å². The molecule has 1 aromatic rings. The van der Waals surface area contributed by atoms with Crippen LogP contribution in [0.5, 0.6) is 0 Å². The first kappa shape index (κ1) is 9.69. The summed E-state index contributed by atoms with van der Waals surface area (Å²) in [6.45, 7) is 1.38. The summed E-state index contributed by atoms with van der Waals surface area (Å²) in [4.78, 5) is 21.8. The van der Waals surface area contributed by atoms with Crippen molar-refractivity contribution in [2.45, 2.75) is 6.92 Å². The molecular weight excluding hydrogens is 190 g/mol. The fourth-order valence-corrected chi connectivity index (χ4v) is 1.65. The van der Waals surface area contributed by atoms with Crippen LogP contribution in [0.4, 0.5) is 5.00 Å². The van der Waals surface area contributed by atoms with Gasteiger partial charge < -0.3 is 5.32 Å². The maximum Gasteiger partial charge on any atom is 0.268 e. The van der Waals surface area contributed by atoms with E-state index >= 15 is 0 Å². The molecule has 5 nitrogen and oxygen atoms in total. The van der Waals surface area contributed by atoms with Gasteiger partial charge in [-0.25, -0.2) is 5.84 Å². The Labute approximate surface area is 78.9 Å². The van der Waals surface area contributed by atoms with E-state index in [2.05, 4.69) is 5.32 Å². The highest BCUT2D eigenvalue weighted by Gasteiger charge is 2.11. The summed E-state index contributed by atoms with van der Waals surface area (Å²) in [6, 6.07) is 1.60. The number of hydrogen-bond acceptors (Lipinski definition) is 4. The van der Waals surface area contributed by atoms with Gasteiger partial charge >= 0.3 is 0 Å². The normalized spacial score (nSPS) is 9.38. The van der Waals surface area contributed by atoms with Crippen LogP contribution < -0.4 is 16.6 Å². The predicted octanol–water partition coefficient (Wildman–Crippen LogP) is 0.310. The molecule has 0 fully saturated rings. The van der Waals surface area contributed by atoms with E-state index in [1.54, 1.807) is 11.4 Å². The number of nitrogens with one attached hydrogen (secondary N) is 2. The number of carbonyl (C=O) groups is 2. The van der Waals surface area contributed by atoms with Gasteiger partial charge in [0.1, 0.15) is 5.00 Å². The molecule has 6 heteroatoms. The molecule has 0 saturated carbocycles. The third-order valence-electron chi connectivity index (χ3n) is 1.33. The summed E-state index contributed by atoms with van der Waals surface area (Å²) in [6.07, 6.45) is 0. The molecule has 70 valence electrons. The molecule has 2 amide bonds. The Balaban J connectivity index is 2.89. The van der Waals surface area contributed by atoms with Crippen molar-refractivity contribution < 1.29 is 9.59 Å². The Morgan fingerprint density at radius 2 is 2.23 bits per heavy atom. The number of hydrogen-bond donors (Lipinski definition) is 3. The van der Waals surface area contributed by atoms with Gasteiger partial charge in [-0.15, -0.1) is 11.3 Å². The second kappa shape index (κ2) is 4.01. The Kier molecular flexibility index (Phi) is 2.99. The van der Waals surface area contributed by atoms with Crippen molar-refractivity contribution in [2.75, 3.05) is 5.32 Å². The number of carbonyl (C=O) groups excluding carboxylic acids is 2. The van der Waals surface area contributed by atoms with Gasteiger partial charge in [0.15, 0.2) is 0 Å². The third kappa shape index (κ3) is 2.27. The van der Waals surface area contributed by atoms with E-state index in [0.29, 0.717) is 10.6 Å². The van der Waals surface area contributed by atoms with Gasteiger partial charge in [0.2, 0.25) is 5.91 Å². The van der Waals surface area contributed by atoms with Crippen LogP contribution >= 0.6 is 11.3 Å². The van der Waals surface area contributed by atoms with Crippen molar-refractivity contribution in [1.29, 1.82) is 0 Å². The summed E-state index contributed by atoms with van der Waals surface area (Å²) in [5.74, 6) is 4.33. The van der Waals surface area contributed by atoms with E-state index < -0.39 is 5.91 Å². The molecule has 1 aromatic heterocycles. The molecule has 0 aromatic carbocycles. The monoisotopic (exact) mass is 199 g/mol. The summed E-state index contributed by atoms with van der Waals surface area (Å²) >= 11 is 1.27. The van der Waals surface area contributed by atoms with Gasteiger partial charge in [0, 0.05) is 6.92 Å². The van der Waals surface area contributed by atoms with Crippen molar-refractivity contribution >= 4 is 28.2 Å². The lowest BCUT2D eigenvalue weighted by Crippen LogP contribution is -2.30. The Morgan fingerprint density at radius 3 is 2.77 bits per heavy atom. The van der Waals surface area contributed by atoms with Gasteiger partial charge in [-0.2, -0.15) is 0 Å². The second-order valence-electron chi connectivity index (χ2n) is 2.32. The summed E-state index contributed by atoms with van der Waals surface area (Å²) in [7, 11) is 0. The minimum Gasteiger partial charge on any atom is -0.317 e. The number of hydrazine groups is 1. The first-order valence-electron chi connectivity index (χ1n) is 3.51. The Bertz CT molecular complexity index is 334. The molecule has 0 bridgehead atoms. The molecule has 0 aliphatic heterocycles. The van der Waals surface area contributed by atoms with E-state index in [0.717, 1.165) is 0 Å². The minimum atomic E-state index is -0.412. The van der Waals surface area contributed by atoms with Crippen molar-refractivity contribution in [3.8, 4) is 0 Å². The average Bonchev–Trinajstić information content (AvgIpc) is 2.50. The molecule has 4 N–H and O–H groups in total. The first-order chi connectivity index (χ1) is 6.15. The maximum atomic E-state index is 11.1. The van der Waals surface area contributed by atoms with Crippen molar-refractivity contribution in [3.63, 3.8) is 0 Å². The van der Waals surface area contributed by atoms with Crippen molar-refractivity contribution in [1.82, 2.24) is 5.43 Å². The summed E-state index contributed by atoms with van der Waals surface area (Å²) in [5, 5.41) is 4.75. The molecule has 0 spiro atoms. The van der Waals surface area contributed by atoms with Crippen LogP contribution in [0.1, 0.15) is 17.3 Å². The van der Waals surface area contributed by atoms with Gasteiger partial charge in [-0.05, 0) is 11.4 Å². The van der Waals surface area contributed by atoms with E-state index in [4.69, 9.17) is 5.84 Å². The van der Waals surface area contributed by atoms with Gasteiger partial charge in [0.25, 0.3) is 5.91 Å². The van der Waals surface area contributed by atoms with E-state index in [9.17, 15) is 9.59 Å². The Morgan fingerprint density at radius 1 is 1.54 bits per heavy atom. The number of anilines is 1. The van der Waals surface area contributed by atoms with E-state index in [-0.39, 0.29) is 5.91 Å². The zero-order valence-electron chi connectivity index (χ0n) is 6.96. The van der Waals surface area contributed by atoms with E-state index in [1.807, 2.05) is 5.43 Å². The molecule has 0 aliphatic rings. The molecular formula is C7H9N3O2S. The highest BCUT2D eigenvalue weighted by molar-refractivity contribution is 7.14. The number of thiophene rings is 1. The molecule has 1 rings (SSSR count). The third-order valence-corrected chi connectivity index (χ3v) is 2.16. The molecule has 0 saturated heterocycles. The van der Waals surface area contributed by atoms with E-state index in [1.165, 1.54) is 18.3 Å². The molecule has 0 unspecified atom stereocenters. The average molecular weight is 199 g/mol. The van der Waals surface area contributed by atoms with Crippen LogP contribution in [-0.2, 0) is 4.79 Å². The zero-order chi connectivity index (χ0) is 9.84. The van der Waals surface area contributed by atoms with Crippen LogP contribution in [0.2, 0.25) is 0 Å². The molecule has 1 heterocycles. The highest BCUT2D eigenvalue weighted by atomic mass is 32.1. The largest absolute Gasteiger partial charge is 0.317 e. The standard InChI is InChI=1S/C7H9N3O2S/c1-4(11)9-7-5(2-3-13-7)6(12)10-8/h2-3H,8H2,1H3,(H,9,11)(H,10,12). The van der Waals surface area contributed by atoms with Crippen LogP contribution in [0.15, 0.2) is 11.4 Å². The number of nitrogens with two attached hydrogens (primary N) is 1. The van der Waals surface area contributed by atoms with Crippen molar-refractivity contribution in [2.24, 2.45) is 5.84 Å². The predicted molar refractivity (Wildman–Crippen MR) is 50.3 cm³/mol. The number of amides is 2. The fourth-order valence-electron chi connectivity index (χ4n) is 0.823. The zero-order valence-corrected chi connectivity index (χ0v) is 7.77. The molecule has 0 radical (unpaired) electrons. The lowest BCUT2D eigenvalue weighted by Gasteiger charge is -2.01. The Hall–Kier alpha value is -1.40. The first-order valence-corrected chi connectivity index (χ1v) is 4.39. The van der Waals surface area contributed by atoms with Crippen molar-refractivity contribution in [3.05, 3.63) is 17.0 Å². The topological polar surface area (TPSA) is 84.2 Å². The molecule has 0 aliphatic carbocycles. The quantitative estimate of drug-likeness (QED) is 0.364. The van der Waals surface area contributed by atoms with Gasteiger partial charge in [0.05, 0.1) is 5.56 Å². The summed E-state index contributed by atoms with van der Waals surface area (Å²) < 4.78 is 0. The van der Waals surface area contributed by atoms with Gasteiger partial charge in [-0.1, -0.05) is 0 Å². The lowest BCUT2D eigenvalue weighted by molar-refractivity contribution is -0.114. The smallest absolute Gasteiger partial charge is 0.268 e. The van der Waals surface area contributed by atoms with Crippen LogP contribution in [-0.4, -0.2) is 11.8 Å². The van der Waals surface area contributed by atoms with Crippen LogP contribution in [0, 0.1) is 0 Å². The lowest BCUT2D eigenvalue weighted by atomic mass is 10.3. The summed E-state index contributed by atoms with van der Waals surface area (Å²) in [5.41, 5.74) is 2.37. The van der Waals surface area contributed by atoms with Crippen LogP contribution in [0.3, 0.4) is 0 Å². The van der Waals surface area contributed by atoms with Crippen LogP contribution in [0.25, 0.3) is 0 Å². The fraction of sp³-hybridized carbons (Fsp3) is 0.143. The minimum absolute atomic E-state index is 0.214.